The Morgan fingerprint density at radius 2 is 1.92 bits per heavy atom. The molecule has 1 saturated heterocycles. The third kappa shape index (κ3) is 3.69. The molecule has 0 spiro atoms. The Morgan fingerprint density at radius 3 is 2.65 bits per heavy atom. The van der Waals surface area contributed by atoms with Gasteiger partial charge in [-0.2, -0.15) is 0 Å². The second-order valence-corrected chi connectivity index (χ2v) is 6.61. The van der Waals surface area contributed by atoms with Gasteiger partial charge in [0.2, 0.25) is 11.8 Å². The molecule has 2 aromatic carbocycles. The topological polar surface area (TPSA) is 86.7 Å². The maximum Gasteiger partial charge on any atom is 0.326 e. The van der Waals surface area contributed by atoms with Crippen LogP contribution < -0.4 is 5.32 Å². The number of carbonyl (C=O) groups is 3. The lowest BCUT2D eigenvalue weighted by Crippen LogP contribution is -2.44. The number of rotatable bonds is 5. The minimum Gasteiger partial charge on any atom is -0.480 e. The van der Waals surface area contributed by atoms with Gasteiger partial charge in [0.1, 0.15) is 6.04 Å². The predicted octanol–water partition coefficient (Wildman–Crippen LogP) is 2.48. The minimum atomic E-state index is -1.20. The Morgan fingerprint density at radius 1 is 1.19 bits per heavy atom. The van der Waals surface area contributed by atoms with E-state index in [1.54, 1.807) is 4.90 Å². The van der Waals surface area contributed by atoms with E-state index in [4.69, 9.17) is 0 Å². The average Bonchev–Trinajstić information content (AvgIpc) is 3.09. The molecule has 1 unspecified atom stereocenters. The summed E-state index contributed by atoms with van der Waals surface area (Å²) in [4.78, 5) is 37.0. The summed E-state index contributed by atoms with van der Waals surface area (Å²) in [7, 11) is 0. The van der Waals surface area contributed by atoms with E-state index in [1.807, 2.05) is 42.5 Å². The molecule has 136 valence electrons. The maximum absolute atomic E-state index is 12.8. The van der Waals surface area contributed by atoms with Gasteiger partial charge in [0.05, 0.1) is 12.5 Å². The molecular weight excluding hydrogens is 332 g/mol. The predicted molar refractivity (Wildman–Crippen MR) is 97.5 cm³/mol. The van der Waals surface area contributed by atoms with Crippen LogP contribution in [0.25, 0.3) is 10.8 Å². The van der Waals surface area contributed by atoms with Crippen molar-refractivity contribution in [3.8, 4) is 0 Å². The molecule has 1 fully saturated rings. The molecule has 1 aliphatic rings. The molecule has 0 aromatic heterocycles. The van der Waals surface area contributed by atoms with Crippen molar-refractivity contribution in [1.82, 2.24) is 10.2 Å². The van der Waals surface area contributed by atoms with Crippen molar-refractivity contribution in [2.45, 2.75) is 38.3 Å². The molecule has 3 rings (SSSR count). The van der Waals surface area contributed by atoms with Crippen LogP contribution in [0.5, 0.6) is 0 Å². The summed E-state index contributed by atoms with van der Waals surface area (Å²) in [6, 6.07) is 12.8. The van der Waals surface area contributed by atoms with Gasteiger partial charge in [0.15, 0.2) is 0 Å². The monoisotopic (exact) mass is 354 g/mol. The summed E-state index contributed by atoms with van der Waals surface area (Å²) >= 11 is 0. The number of carboxylic acids is 1. The van der Waals surface area contributed by atoms with E-state index in [9.17, 15) is 19.5 Å². The maximum atomic E-state index is 12.8. The number of nitrogens with zero attached hydrogens (tertiary/aromatic N) is 1. The zero-order valence-corrected chi connectivity index (χ0v) is 14.6. The highest BCUT2D eigenvalue weighted by Gasteiger charge is 2.33. The quantitative estimate of drug-likeness (QED) is 0.864. The number of amides is 2. The van der Waals surface area contributed by atoms with Crippen LogP contribution in [-0.4, -0.2) is 40.4 Å². The lowest BCUT2D eigenvalue weighted by Gasteiger charge is -2.27. The second-order valence-electron chi connectivity index (χ2n) is 6.61. The van der Waals surface area contributed by atoms with Crippen LogP contribution in [0.3, 0.4) is 0 Å². The van der Waals surface area contributed by atoms with Gasteiger partial charge in [0, 0.05) is 13.5 Å². The molecule has 0 saturated carbocycles. The van der Waals surface area contributed by atoms with Gasteiger partial charge in [-0.15, -0.1) is 0 Å². The molecule has 2 N–H and O–H groups in total. The van der Waals surface area contributed by atoms with Gasteiger partial charge in [-0.05, 0) is 29.2 Å². The Labute approximate surface area is 151 Å². The van der Waals surface area contributed by atoms with E-state index >= 15 is 0 Å². The fourth-order valence-corrected chi connectivity index (χ4v) is 3.67. The standard InChI is InChI=1S/C20H22N2O4/c1-13(23)21-17(20(25)26)12-19(24)22-11-5-10-18(22)16-9-4-7-14-6-2-3-8-15(14)16/h2-4,6-9,17-18H,5,10-12H2,1H3,(H,21,23)(H,25,26)/t17-,18?/m0/s1. The zero-order chi connectivity index (χ0) is 18.7. The van der Waals surface area contributed by atoms with E-state index in [-0.39, 0.29) is 18.4 Å². The molecule has 1 heterocycles. The van der Waals surface area contributed by atoms with Crippen LogP contribution in [0.15, 0.2) is 42.5 Å². The molecule has 2 amide bonds. The molecular formula is C20H22N2O4. The van der Waals surface area contributed by atoms with E-state index < -0.39 is 17.9 Å². The highest BCUT2D eigenvalue weighted by atomic mass is 16.4. The first-order valence-electron chi connectivity index (χ1n) is 8.74. The number of aliphatic carboxylic acids is 1. The first kappa shape index (κ1) is 17.9. The Kier molecular flexibility index (Phi) is 5.21. The summed E-state index contributed by atoms with van der Waals surface area (Å²) in [5.74, 6) is -1.91. The zero-order valence-electron chi connectivity index (χ0n) is 14.6. The number of hydrogen-bond donors (Lipinski definition) is 2. The molecule has 0 bridgehead atoms. The van der Waals surface area contributed by atoms with E-state index in [0.717, 1.165) is 29.2 Å². The van der Waals surface area contributed by atoms with Crippen molar-refractivity contribution in [1.29, 1.82) is 0 Å². The molecule has 0 aliphatic carbocycles. The van der Waals surface area contributed by atoms with Gasteiger partial charge >= 0.3 is 5.97 Å². The second kappa shape index (κ2) is 7.56. The summed E-state index contributed by atoms with van der Waals surface area (Å²) in [6.07, 6.45) is 1.48. The lowest BCUT2D eigenvalue weighted by molar-refractivity contribution is -0.145. The van der Waals surface area contributed by atoms with Crippen LogP contribution in [0.1, 0.15) is 37.8 Å². The SMILES string of the molecule is CC(=O)N[C@@H](CC(=O)N1CCCC1c1cccc2ccccc12)C(=O)O. The molecule has 1 aliphatic heterocycles. The molecule has 6 nitrogen and oxygen atoms in total. The first-order valence-corrected chi connectivity index (χ1v) is 8.74. The minimum absolute atomic E-state index is 0.0691. The van der Waals surface area contributed by atoms with Crippen LogP contribution in [0.4, 0.5) is 0 Å². The highest BCUT2D eigenvalue weighted by molar-refractivity contribution is 5.89. The summed E-state index contributed by atoms with van der Waals surface area (Å²) in [6.45, 7) is 1.84. The number of benzene rings is 2. The van der Waals surface area contributed by atoms with Crippen LogP contribution in [0, 0.1) is 0 Å². The van der Waals surface area contributed by atoms with Gasteiger partial charge < -0.3 is 15.3 Å². The highest BCUT2D eigenvalue weighted by Crippen LogP contribution is 2.36. The largest absolute Gasteiger partial charge is 0.480 e. The summed E-state index contributed by atoms with van der Waals surface area (Å²) < 4.78 is 0. The molecule has 2 aromatic rings. The van der Waals surface area contributed by atoms with E-state index in [2.05, 4.69) is 5.32 Å². The smallest absolute Gasteiger partial charge is 0.326 e. The average molecular weight is 354 g/mol. The van der Waals surface area contributed by atoms with Crippen LogP contribution in [-0.2, 0) is 14.4 Å². The van der Waals surface area contributed by atoms with Crippen LogP contribution in [0.2, 0.25) is 0 Å². The fraction of sp³-hybridized carbons (Fsp3) is 0.350. The third-order valence-corrected chi connectivity index (χ3v) is 4.81. The number of hydrogen-bond acceptors (Lipinski definition) is 3. The first-order chi connectivity index (χ1) is 12.5. The number of likely N-dealkylation sites (tertiary alicyclic amines) is 1. The van der Waals surface area contributed by atoms with Crippen molar-refractivity contribution in [2.24, 2.45) is 0 Å². The van der Waals surface area contributed by atoms with Crippen molar-refractivity contribution in [3.05, 3.63) is 48.0 Å². The van der Waals surface area contributed by atoms with Crippen molar-refractivity contribution in [3.63, 3.8) is 0 Å². The number of carboxylic acid groups (broad SMARTS) is 1. The van der Waals surface area contributed by atoms with Gasteiger partial charge in [-0.25, -0.2) is 4.79 Å². The number of nitrogens with one attached hydrogen (secondary N) is 1. The molecule has 26 heavy (non-hydrogen) atoms. The van der Waals surface area contributed by atoms with Crippen molar-refractivity contribution in [2.75, 3.05) is 6.54 Å². The fourth-order valence-electron chi connectivity index (χ4n) is 3.67. The normalized spacial score (nSPS) is 17.9. The van der Waals surface area contributed by atoms with Crippen molar-refractivity contribution < 1.29 is 19.5 Å². The molecule has 2 atom stereocenters. The van der Waals surface area contributed by atoms with Crippen LogP contribution >= 0.6 is 0 Å². The Balaban J connectivity index is 1.84. The Bertz CT molecular complexity index is 843. The number of carbonyl (C=O) groups excluding carboxylic acids is 2. The Hall–Kier alpha value is -2.89. The van der Waals surface area contributed by atoms with Gasteiger partial charge in [0.25, 0.3) is 0 Å². The van der Waals surface area contributed by atoms with Crippen molar-refractivity contribution >= 4 is 28.6 Å². The molecule has 0 radical (unpaired) electrons. The van der Waals surface area contributed by atoms with Gasteiger partial charge in [-0.1, -0.05) is 42.5 Å². The molecule has 6 heteroatoms. The van der Waals surface area contributed by atoms with E-state index in [0.29, 0.717) is 6.54 Å². The third-order valence-electron chi connectivity index (χ3n) is 4.81. The number of fused-ring (bicyclic) bond motifs is 1. The van der Waals surface area contributed by atoms with E-state index in [1.165, 1.54) is 6.92 Å². The summed E-state index contributed by atoms with van der Waals surface area (Å²) in [5.41, 5.74) is 1.08. The summed E-state index contributed by atoms with van der Waals surface area (Å²) in [5, 5.41) is 13.8. The lowest BCUT2D eigenvalue weighted by atomic mass is 9.97. The van der Waals surface area contributed by atoms with Gasteiger partial charge in [-0.3, -0.25) is 9.59 Å².